The molecule has 0 aliphatic carbocycles. The fraction of sp³-hybridized carbons (Fsp3) is 0.167. The van der Waals surface area contributed by atoms with Crippen LogP contribution in [0.3, 0.4) is 0 Å². The molecule has 2 atom stereocenters. The standard InChI is InChI=1S/C18H16O4/c1-21-13-8-10-15-14(11-13)17(19)18(20)16(22-15)9-7-12-5-3-2-4-6-12/h2-11,16,18,20H,1H3/b9-7+. The number of carbonyl (C=O) groups is 1. The minimum Gasteiger partial charge on any atom is -0.497 e. The molecular weight excluding hydrogens is 280 g/mol. The molecule has 1 aliphatic heterocycles. The molecule has 4 nitrogen and oxygen atoms in total. The van der Waals surface area contributed by atoms with Crippen molar-refractivity contribution in [1.29, 1.82) is 0 Å². The number of benzene rings is 2. The molecule has 0 radical (unpaired) electrons. The van der Waals surface area contributed by atoms with Crippen molar-refractivity contribution < 1.29 is 19.4 Å². The Balaban J connectivity index is 1.86. The molecule has 0 bridgehead atoms. The van der Waals surface area contributed by atoms with Crippen molar-refractivity contribution in [3.05, 3.63) is 65.7 Å². The number of carbonyl (C=O) groups excluding carboxylic acids is 1. The van der Waals surface area contributed by atoms with Gasteiger partial charge in [-0.05, 0) is 29.8 Å². The van der Waals surface area contributed by atoms with Gasteiger partial charge in [0.25, 0.3) is 0 Å². The van der Waals surface area contributed by atoms with E-state index in [9.17, 15) is 9.90 Å². The largest absolute Gasteiger partial charge is 0.497 e. The third-order valence-electron chi connectivity index (χ3n) is 3.57. The van der Waals surface area contributed by atoms with Gasteiger partial charge in [-0.3, -0.25) is 4.79 Å². The van der Waals surface area contributed by atoms with Crippen LogP contribution in [0.4, 0.5) is 0 Å². The van der Waals surface area contributed by atoms with Crippen molar-refractivity contribution in [2.24, 2.45) is 0 Å². The van der Waals surface area contributed by atoms with E-state index < -0.39 is 12.2 Å². The number of ether oxygens (including phenoxy) is 2. The minimum atomic E-state index is -1.22. The molecule has 0 spiro atoms. The lowest BCUT2D eigenvalue weighted by atomic mass is 9.97. The maximum Gasteiger partial charge on any atom is 0.199 e. The van der Waals surface area contributed by atoms with E-state index in [0.29, 0.717) is 17.1 Å². The van der Waals surface area contributed by atoms with E-state index in [-0.39, 0.29) is 5.78 Å². The first-order chi connectivity index (χ1) is 10.7. The van der Waals surface area contributed by atoms with Crippen LogP contribution in [0.5, 0.6) is 11.5 Å². The second-order valence-corrected chi connectivity index (χ2v) is 5.02. The van der Waals surface area contributed by atoms with Gasteiger partial charge in [0.05, 0.1) is 12.7 Å². The van der Waals surface area contributed by atoms with Crippen molar-refractivity contribution in [3.63, 3.8) is 0 Å². The van der Waals surface area contributed by atoms with E-state index in [0.717, 1.165) is 5.56 Å². The van der Waals surface area contributed by atoms with Gasteiger partial charge in [-0.1, -0.05) is 36.4 Å². The van der Waals surface area contributed by atoms with E-state index in [1.54, 1.807) is 24.3 Å². The molecule has 2 aromatic rings. The van der Waals surface area contributed by atoms with Gasteiger partial charge in [0.15, 0.2) is 18.0 Å². The first-order valence-corrected chi connectivity index (χ1v) is 6.99. The Kier molecular flexibility index (Phi) is 3.94. The smallest absolute Gasteiger partial charge is 0.199 e. The van der Waals surface area contributed by atoms with Gasteiger partial charge in [0.2, 0.25) is 0 Å². The number of fused-ring (bicyclic) bond motifs is 1. The summed E-state index contributed by atoms with van der Waals surface area (Å²) in [6.07, 6.45) is 1.61. The lowest BCUT2D eigenvalue weighted by Crippen LogP contribution is -2.41. The number of aliphatic hydroxyl groups is 1. The van der Waals surface area contributed by atoms with E-state index in [1.165, 1.54) is 7.11 Å². The van der Waals surface area contributed by atoms with Crippen LogP contribution < -0.4 is 9.47 Å². The van der Waals surface area contributed by atoms with Crippen molar-refractivity contribution in [3.8, 4) is 11.5 Å². The molecule has 2 aromatic carbocycles. The van der Waals surface area contributed by atoms with Crippen LogP contribution >= 0.6 is 0 Å². The molecule has 1 aliphatic rings. The fourth-order valence-electron chi connectivity index (χ4n) is 2.37. The third kappa shape index (κ3) is 2.73. The van der Waals surface area contributed by atoms with Crippen molar-refractivity contribution in [2.75, 3.05) is 7.11 Å². The highest BCUT2D eigenvalue weighted by molar-refractivity contribution is 6.03. The van der Waals surface area contributed by atoms with Gasteiger partial charge >= 0.3 is 0 Å². The molecule has 4 heteroatoms. The summed E-state index contributed by atoms with van der Waals surface area (Å²) in [5, 5.41) is 10.2. The monoisotopic (exact) mass is 296 g/mol. The van der Waals surface area contributed by atoms with Gasteiger partial charge in [0, 0.05) is 0 Å². The molecule has 1 heterocycles. The lowest BCUT2D eigenvalue weighted by Gasteiger charge is -2.27. The Morgan fingerprint density at radius 3 is 2.68 bits per heavy atom. The number of aliphatic hydroxyl groups excluding tert-OH is 1. The summed E-state index contributed by atoms with van der Waals surface area (Å²) >= 11 is 0. The number of rotatable bonds is 3. The summed E-state index contributed by atoms with van der Waals surface area (Å²) in [6, 6.07) is 14.6. The summed E-state index contributed by atoms with van der Waals surface area (Å²) in [5.74, 6) is 0.655. The molecular formula is C18H16O4. The second-order valence-electron chi connectivity index (χ2n) is 5.02. The van der Waals surface area contributed by atoms with Gasteiger partial charge < -0.3 is 14.6 Å². The maximum absolute atomic E-state index is 12.3. The van der Waals surface area contributed by atoms with Gasteiger partial charge in [-0.15, -0.1) is 0 Å². The van der Waals surface area contributed by atoms with Gasteiger partial charge in [-0.25, -0.2) is 0 Å². The van der Waals surface area contributed by atoms with Crippen molar-refractivity contribution >= 4 is 11.9 Å². The first kappa shape index (κ1) is 14.4. The SMILES string of the molecule is COc1ccc2c(c1)C(=O)C(O)C(/C=C/c1ccccc1)O2. The first-order valence-electron chi connectivity index (χ1n) is 6.99. The molecule has 22 heavy (non-hydrogen) atoms. The van der Waals surface area contributed by atoms with Gasteiger partial charge in [-0.2, -0.15) is 0 Å². The predicted molar refractivity (Wildman–Crippen MR) is 83.2 cm³/mol. The fourth-order valence-corrected chi connectivity index (χ4v) is 2.37. The van der Waals surface area contributed by atoms with Crippen LogP contribution in [0.1, 0.15) is 15.9 Å². The van der Waals surface area contributed by atoms with Crippen LogP contribution in [0, 0.1) is 0 Å². The third-order valence-corrected chi connectivity index (χ3v) is 3.57. The molecule has 0 amide bonds. The van der Waals surface area contributed by atoms with Crippen molar-refractivity contribution in [2.45, 2.75) is 12.2 Å². The summed E-state index contributed by atoms with van der Waals surface area (Å²) in [5.41, 5.74) is 1.32. The van der Waals surface area contributed by atoms with Crippen LogP contribution in [0.15, 0.2) is 54.6 Å². The molecule has 112 valence electrons. The molecule has 0 saturated carbocycles. The Bertz CT molecular complexity index is 706. The summed E-state index contributed by atoms with van der Waals surface area (Å²) in [6.45, 7) is 0. The van der Waals surface area contributed by atoms with E-state index >= 15 is 0 Å². The average molecular weight is 296 g/mol. The number of ketones is 1. The normalized spacial score (nSPS) is 20.5. The Morgan fingerprint density at radius 1 is 1.18 bits per heavy atom. The van der Waals surface area contributed by atoms with Crippen molar-refractivity contribution in [1.82, 2.24) is 0 Å². The Morgan fingerprint density at radius 2 is 1.95 bits per heavy atom. The molecule has 0 fully saturated rings. The summed E-state index contributed by atoms with van der Waals surface area (Å²) < 4.78 is 10.8. The molecule has 2 unspecified atom stereocenters. The summed E-state index contributed by atoms with van der Waals surface area (Å²) in [4.78, 5) is 12.3. The molecule has 0 saturated heterocycles. The quantitative estimate of drug-likeness (QED) is 0.946. The number of Topliss-reactive ketones (excluding diaryl/α,β-unsaturated/α-hetero) is 1. The lowest BCUT2D eigenvalue weighted by molar-refractivity contribution is 0.0380. The zero-order valence-electron chi connectivity index (χ0n) is 12.1. The van der Waals surface area contributed by atoms with Crippen LogP contribution in [-0.2, 0) is 0 Å². The average Bonchev–Trinajstić information content (AvgIpc) is 2.57. The molecule has 0 aromatic heterocycles. The summed E-state index contributed by atoms with van der Waals surface area (Å²) in [7, 11) is 1.53. The Hall–Kier alpha value is -2.59. The minimum absolute atomic E-state index is 0.344. The molecule has 3 rings (SSSR count). The highest BCUT2D eigenvalue weighted by Gasteiger charge is 2.34. The van der Waals surface area contributed by atoms with E-state index in [1.807, 2.05) is 36.4 Å². The highest BCUT2D eigenvalue weighted by Crippen LogP contribution is 2.31. The predicted octanol–water partition coefficient (Wildman–Crippen LogP) is 2.71. The number of hydrogen-bond acceptors (Lipinski definition) is 4. The van der Waals surface area contributed by atoms with Crippen LogP contribution in [0.2, 0.25) is 0 Å². The second kappa shape index (κ2) is 6.03. The van der Waals surface area contributed by atoms with Crippen LogP contribution in [-0.4, -0.2) is 30.2 Å². The topological polar surface area (TPSA) is 55.8 Å². The van der Waals surface area contributed by atoms with E-state index in [4.69, 9.17) is 9.47 Å². The number of methoxy groups -OCH3 is 1. The number of hydrogen-bond donors (Lipinski definition) is 1. The zero-order chi connectivity index (χ0) is 15.5. The molecule has 1 N–H and O–H groups in total. The van der Waals surface area contributed by atoms with Crippen LogP contribution in [0.25, 0.3) is 6.08 Å². The van der Waals surface area contributed by atoms with E-state index in [2.05, 4.69) is 0 Å². The Labute approximate surface area is 128 Å². The highest BCUT2D eigenvalue weighted by atomic mass is 16.5. The zero-order valence-corrected chi connectivity index (χ0v) is 12.1. The maximum atomic E-state index is 12.3. The van der Waals surface area contributed by atoms with Gasteiger partial charge in [0.1, 0.15) is 11.5 Å².